The molecule has 1 aliphatic rings. The van der Waals surface area contributed by atoms with Crippen molar-refractivity contribution in [3.8, 4) is 0 Å². The molecule has 136 valence electrons. The fourth-order valence-corrected chi connectivity index (χ4v) is 3.45. The molecule has 0 radical (unpaired) electrons. The number of hydrogen-bond donors (Lipinski definition) is 3. The van der Waals surface area contributed by atoms with Crippen LogP contribution in [-0.4, -0.2) is 43.4 Å². The first-order valence-electron chi connectivity index (χ1n) is 8.87. The zero-order valence-electron chi connectivity index (χ0n) is 14.7. The van der Waals surface area contributed by atoms with Gasteiger partial charge in [0.1, 0.15) is 18.7 Å². The van der Waals surface area contributed by atoms with Crippen molar-refractivity contribution in [1.29, 1.82) is 0 Å². The van der Waals surface area contributed by atoms with Gasteiger partial charge in [-0.1, -0.05) is 18.2 Å². The molecule has 1 aliphatic heterocycles. The molecule has 0 bridgehead atoms. The summed E-state index contributed by atoms with van der Waals surface area (Å²) in [5.74, 6) is 0.00461. The third-order valence-corrected chi connectivity index (χ3v) is 4.71. The zero-order valence-corrected chi connectivity index (χ0v) is 14.7. The minimum Gasteiger partial charge on any atom is -0.350 e. The summed E-state index contributed by atoms with van der Waals surface area (Å²) in [6.45, 7) is 3.38. The van der Waals surface area contributed by atoms with Crippen LogP contribution in [0, 0.1) is 0 Å². The Morgan fingerprint density at radius 2 is 2.23 bits per heavy atom. The van der Waals surface area contributed by atoms with Gasteiger partial charge < -0.3 is 9.88 Å². The molecule has 1 fully saturated rings. The highest BCUT2D eigenvalue weighted by Gasteiger charge is 2.30. The Bertz CT molecular complexity index is 873. The number of fused-ring (bicyclic) bond motifs is 1. The molecule has 4 rings (SSSR count). The summed E-state index contributed by atoms with van der Waals surface area (Å²) in [5, 5.41) is 8.33. The Morgan fingerprint density at radius 3 is 3.08 bits per heavy atom. The van der Waals surface area contributed by atoms with Crippen LogP contribution < -0.4 is 16.2 Å². The molecule has 3 heterocycles. The smallest absolute Gasteiger partial charge is 0.238 e. The first-order valence-corrected chi connectivity index (χ1v) is 8.87. The first kappa shape index (κ1) is 16.7. The van der Waals surface area contributed by atoms with Gasteiger partial charge in [-0.3, -0.25) is 14.9 Å². The molecule has 3 atom stereocenters. The molecule has 26 heavy (non-hydrogen) atoms. The highest BCUT2D eigenvalue weighted by atomic mass is 16.2. The van der Waals surface area contributed by atoms with Crippen molar-refractivity contribution < 1.29 is 4.79 Å². The van der Waals surface area contributed by atoms with Gasteiger partial charge in [-0.2, -0.15) is 5.10 Å². The Balaban J connectivity index is 1.31. The number of nitrogens with one attached hydrogen (secondary N) is 3. The molecule has 1 saturated heterocycles. The van der Waals surface area contributed by atoms with E-state index in [0.29, 0.717) is 6.54 Å². The van der Waals surface area contributed by atoms with Crippen LogP contribution in [0.4, 0.5) is 0 Å². The summed E-state index contributed by atoms with van der Waals surface area (Å²) in [4.78, 5) is 16.4. The maximum absolute atomic E-state index is 12.5. The van der Waals surface area contributed by atoms with E-state index in [-0.39, 0.29) is 24.0 Å². The fraction of sp³-hybridized carbons (Fsp3) is 0.389. The molecule has 0 aliphatic carbocycles. The monoisotopic (exact) mass is 353 g/mol. The third kappa shape index (κ3) is 3.61. The van der Waals surface area contributed by atoms with E-state index in [4.69, 9.17) is 0 Å². The summed E-state index contributed by atoms with van der Waals surface area (Å²) >= 11 is 0. The van der Waals surface area contributed by atoms with E-state index in [1.807, 2.05) is 19.1 Å². The average molecular weight is 353 g/mol. The summed E-state index contributed by atoms with van der Waals surface area (Å²) in [7, 11) is 0. The molecule has 1 amide bonds. The Hall–Kier alpha value is -2.71. The van der Waals surface area contributed by atoms with Crippen molar-refractivity contribution >= 4 is 16.8 Å². The second kappa shape index (κ2) is 7.27. The molecule has 0 spiro atoms. The quantitative estimate of drug-likeness (QED) is 0.606. The van der Waals surface area contributed by atoms with Crippen LogP contribution in [0.5, 0.6) is 0 Å². The third-order valence-electron chi connectivity index (χ3n) is 4.71. The number of carbonyl (C=O) groups is 1. The van der Waals surface area contributed by atoms with Crippen molar-refractivity contribution in [1.82, 2.24) is 35.5 Å². The van der Waals surface area contributed by atoms with Gasteiger partial charge in [0.15, 0.2) is 0 Å². The minimum atomic E-state index is -0.236. The molecule has 2 aromatic heterocycles. The van der Waals surface area contributed by atoms with Gasteiger partial charge >= 0.3 is 0 Å². The number of hydrogen-bond acceptors (Lipinski definition) is 5. The summed E-state index contributed by atoms with van der Waals surface area (Å²) in [6, 6.07) is 10.4. The lowest BCUT2D eigenvalue weighted by Crippen LogP contribution is -2.47. The van der Waals surface area contributed by atoms with E-state index < -0.39 is 0 Å². The van der Waals surface area contributed by atoms with Crippen LogP contribution in [0.3, 0.4) is 0 Å². The predicted molar refractivity (Wildman–Crippen MR) is 98.0 cm³/mol. The van der Waals surface area contributed by atoms with E-state index >= 15 is 0 Å². The van der Waals surface area contributed by atoms with Crippen molar-refractivity contribution in [3.05, 3.63) is 49.2 Å². The van der Waals surface area contributed by atoms with Gasteiger partial charge in [-0.05, 0) is 30.9 Å². The molecule has 3 unspecified atom stereocenters. The van der Waals surface area contributed by atoms with Crippen molar-refractivity contribution in [2.24, 2.45) is 0 Å². The number of nitrogens with zero attached hydrogens (tertiary/aromatic N) is 4. The van der Waals surface area contributed by atoms with Gasteiger partial charge in [0.2, 0.25) is 5.91 Å². The van der Waals surface area contributed by atoms with E-state index in [9.17, 15) is 4.79 Å². The maximum atomic E-state index is 12.5. The summed E-state index contributed by atoms with van der Waals surface area (Å²) in [6.07, 6.45) is 5.98. The van der Waals surface area contributed by atoms with Crippen LogP contribution in [-0.2, 0) is 17.9 Å². The zero-order chi connectivity index (χ0) is 17.9. The number of benzene rings is 1. The van der Waals surface area contributed by atoms with E-state index in [0.717, 1.165) is 13.0 Å². The van der Waals surface area contributed by atoms with Crippen molar-refractivity contribution in [2.75, 3.05) is 0 Å². The van der Waals surface area contributed by atoms with Crippen LogP contribution in [0.15, 0.2) is 49.2 Å². The number of para-hydroxylation sites is 1. The molecular formula is C18H23N7O. The summed E-state index contributed by atoms with van der Waals surface area (Å²) in [5.41, 5.74) is 7.58. The highest BCUT2D eigenvalue weighted by molar-refractivity contribution is 5.82. The van der Waals surface area contributed by atoms with Gasteiger partial charge in [0.05, 0.1) is 6.54 Å². The average Bonchev–Trinajstić information content (AvgIpc) is 3.37. The molecule has 8 heteroatoms. The van der Waals surface area contributed by atoms with Gasteiger partial charge in [0, 0.05) is 30.3 Å². The number of hydrazine groups is 1. The topological polar surface area (TPSA) is 88.8 Å². The lowest BCUT2D eigenvalue weighted by atomic mass is 10.1. The fourth-order valence-electron chi connectivity index (χ4n) is 3.45. The van der Waals surface area contributed by atoms with Crippen LogP contribution in [0.1, 0.15) is 13.3 Å². The highest BCUT2D eigenvalue weighted by Crippen LogP contribution is 2.17. The molecule has 8 nitrogen and oxygen atoms in total. The molecule has 0 saturated carbocycles. The van der Waals surface area contributed by atoms with Gasteiger partial charge in [0.25, 0.3) is 0 Å². The molecular weight excluding hydrogens is 330 g/mol. The second-order valence-electron chi connectivity index (χ2n) is 6.83. The molecule has 3 aromatic rings. The van der Waals surface area contributed by atoms with Crippen LogP contribution in [0.25, 0.3) is 10.9 Å². The van der Waals surface area contributed by atoms with Crippen molar-refractivity contribution in [2.45, 2.75) is 44.6 Å². The first-order chi connectivity index (χ1) is 12.7. The Morgan fingerprint density at radius 1 is 1.35 bits per heavy atom. The lowest BCUT2D eigenvalue weighted by Gasteiger charge is -2.16. The normalized spacial score (nSPS) is 21.1. The van der Waals surface area contributed by atoms with E-state index in [1.54, 1.807) is 11.0 Å². The number of carbonyl (C=O) groups excluding carboxylic acids is 1. The summed E-state index contributed by atoms with van der Waals surface area (Å²) < 4.78 is 3.94. The maximum Gasteiger partial charge on any atom is 0.238 e. The lowest BCUT2D eigenvalue weighted by molar-refractivity contribution is -0.123. The van der Waals surface area contributed by atoms with Crippen molar-refractivity contribution in [3.63, 3.8) is 0 Å². The van der Waals surface area contributed by atoms with Crippen LogP contribution >= 0.6 is 0 Å². The van der Waals surface area contributed by atoms with E-state index in [2.05, 4.69) is 55.2 Å². The van der Waals surface area contributed by atoms with Gasteiger partial charge in [-0.15, -0.1) is 0 Å². The molecule has 1 aromatic carbocycles. The Kier molecular flexibility index (Phi) is 4.68. The van der Waals surface area contributed by atoms with Crippen LogP contribution in [0.2, 0.25) is 0 Å². The molecule has 3 N–H and O–H groups in total. The SMILES string of the molecule is CC(Cn1cncn1)NC(=O)C1CC(Cn2ccc3ccccc32)NN1. The van der Waals surface area contributed by atoms with Gasteiger partial charge in [-0.25, -0.2) is 10.4 Å². The standard InChI is InChI=1S/C18H23N7O/c1-13(9-25-12-19-11-20-25)21-18(26)16-8-15(22-23-16)10-24-7-6-14-4-2-3-5-17(14)24/h2-7,11-13,15-16,22-23H,8-10H2,1H3,(H,21,26). The number of rotatable bonds is 6. The predicted octanol–water partition coefficient (Wildman–Crippen LogP) is 0.673. The van der Waals surface area contributed by atoms with E-state index in [1.165, 1.54) is 17.2 Å². The minimum absolute atomic E-state index is 0.00461. The number of aromatic nitrogens is 4. The number of amides is 1. The second-order valence-corrected chi connectivity index (χ2v) is 6.83. The Labute approximate surface area is 151 Å². The largest absolute Gasteiger partial charge is 0.350 e.